The number of hydrogen-bond donors (Lipinski definition) is 2. The maximum absolute atomic E-state index is 13.5. The van der Waals surface area contributed by atoms with Crippen LogP contribution in [0.15, 0.2) is 33.2 Å². The van der Waals surface area contributed by atoms with Gasteiger partial charge in [0.25, 0.3) is 11.8 Å². The molecule has 110 valence electrons. The normalized spacial score (nSPS) is 10.3. The van der Waals surface area contributed by atoms with Crippen molar-refractivity contribution in [1.82, 2.24) is 10.9 Å². The Balaban J connectivity index is 2.06. The Morgan fingerprint density at radius 1 is 1.10 bits per heavy atom. The van der Waals surface area contributed by atoms with E-state index in [4.69, 9.17) is 4.42 Å². The molecule has 0 saturated heterocycles. The van der Waals surface area contributed by atoms with E-state index in [1.165, 1.54) is 12.1 Å². The Labute approximate surface area is 128 Å². The summed E-state index contributed by atoms with van der Waals surface area (Å²) in [6, 6.07) is 5.51. The van der Waals surface area contributed by atoms with Crippen molar-refractivity contribution < 1.29 is 18.4 Å². The van der Waals surface area contributed by atoms with E-state index in [2.05, 4.69) is 26.8 Å². The SMILES string of the molecule is Cc1cc(C(=O)NNC(=O)c2cc(Br)ccc2F)c(C)o1. The molecule has 5 nitrogen and oxygen atoms in total. The van der Waals surface area contributed by atoms with Gasteiger partial charge in [-0.05, 0) is 38.1 Å². The highest BCUT2D eigenvalue weighted by atomic mass is 79.9. The molecule has 0 atom stereocenters. The summed E-state index contributed by atoms with van der Waals surface area (Å²) in [5.74, 6) is -0.941. The molecule has 0 aliphatic heterocycles. The van der Waals surface area contributed by atoms with Crippen LogP contribution >= 0.6 is 15.9 Å². The lowest BCUT2D eigenvalue weighted by Gasteiger charge is -2.07. The summed E-state index contributed by atoms with van der Waals surface area (Å²) in [5.41, 5.74) is 4.51. The summed E-state index contributed by atoms with van der Waals surface area (Å²) in [4.78, 5) is 23.7. The standard InChI is InChI=1S/C14H12BrFN2O3/c1-7-5-10(8(2)21-7)13(19)17-18-14(20)11-6-9(15)3-4-12(11)16/h3-6H,1-2H3,(H,17,19)(H,18,20). The van der Waals surface area contributed by atoms with E-state index in [1.807, 2.05) is 0 Å². The molecule has 0 spiro atoms. The number of hydrogen-bond acceptors (Lipinski definition) is 3. The van der Waals surface area contributed by atoms with Crippen LogP contribution in [0, 0.1) is 19.7 Å². The minimum absolute atomic E-state index is 0.176. The lowest BCUT2D eigenvalue weighted by molar-refractivity contribution is 0.0843. The predicted octanol–water partition coefficient (Wildman–Crippen LogP) is 2.87. The lowest BCUT2D eigenvalue weighted by Crippen LogP contribution is -2.42. The molecule has 0 aliphatic carbocycles. The first-order chi connectivity index (χ1) is 9.88. The number of furan rings is 1. The molecule has 1 aromatic heterocycles. The third kappa shape index (κ3) is 3.49. The minimum atomic E-state index is -0.750. The van der Waals surface area contributed by atoms with Crippen LogP contribution in [0.25, 0.3) is 0 Å². The van der Waals surface area contributed by atoms with Crippen molar-refractivity contribution in [3.05, 3.63) is 57.2 Å². The molecular formula is C14H12BrFN2O3. The van der Waals surface area contributed by atoms with Crippen molar-refractivity contribution in [3.8, 4) is 0 Å². The van der Waals surface area contributed by atoms with E-state index in [9.17, 15) is 14.0 Å². The molecule has 0 radical (unpaired) electrons. The summed E-state index contributed by atoms with van der Waals surface area (Å²) >= 11 is 3.15. The number of halogens is 2. The maximum Gasteiger partial charge on any atom is 0.273 e. The fraction of sp³-hybridized carbons (Fsp3) is 0.143. The van der Waals surface area contributed by atoms with Gasteiger partial charge in [-0.3, -0.25) is 20.4 Å². The number of carbonyl (C=O) groups excluding carboxylic acids is 2. The zero-order valence-electron chi connectivity index (χ0n) is 11.3. The molecule has 0 bridgehead atoms. The van der Waals surface area contributed by atoms with Crippen LogP contribution in [0.2, 0.25) is 0 Å². The van der Waals surface area contributed by atoms with E-state index in [-0.39, 0.29) is 5.56 Å². The topological polar surface area (TPSA) is 71.3 Å². The number of carbonyl (C=O) groups is 2. The number of nitrogens with one attached hydrogen (secondary N) is 2. The summed E-state index contributed by atoms with van der Waals surface area (Å²) in [6.45, 7) is 3.34. The quantitative estimate of drug-likeness (QED) is 0.814. The van der Waals surface area contributed by atoms with Crippen molar-refractivity contribution in [2.24, 2.45) is 0 Å². The Hall–Kier alpha value is -2.15. The molecule has 2 rings (SSSR count). The molecule has 0 unspecified atom stereocenters. The number of amides is 2. The third-order valence-corrected chi connectivity index (χ3v) is 3.24. The third-order valence-electron chi connectivity index (χ3n) is 2.75. The van der Waals surface area contributed by atoms with Gasteiger partial charge in [0.05, 0.1) is 11.1 Å². The van der Waals surface area contributed by atoms with Crippen molar-refractivity contribution in [1.29, 1.82) is 0 Å². The molecule has 21 heavy (non-hydrogen) atoms. The van der Waals surface area contributed by atoms with Crippen LogP contribution in [-0.4, -0.2) is 11.8 Å². The largest absolute Gasteiger partial charge is 0.466 e. The molecule has 1 aromatic carbocycles. The van der Waals surface area contributed by atoms with Crippen LogP contribution in [0.3, 0.4) is 0 Å². The van der Waals surface area contributed by atoms with Crippen LogP contribution in [0.5, 0.6) is 0 Å². The van der Waals surface area contributed by atoms with Crippen LogP contribution in [-0.2, 0) is 0 Å². The van der Waals surface area contributed by atoms with Gasteiger partial charge in [-0.25, -0.2) is 4.39 Å². The van der Waals surface area contributed by atoms with E-state index in [0.29, 0.717) is 21.6 Å². The van der Waals surface area contributed by atoms with Gasteiger partial charge in [0.15, 0.2) is 0 Å². The van der Waals surface area contributed by atoms with Crippen LogP contribution in [0.1, 0.15) is 32.2 Å². The van der Waals surface area contributed by atoms with Gasteiger partial charge in [-0.2, -0.15) is 0 Å². The fourth-order valence-corrected chi connectivity index (χ4v) is 2.14. The average Bonchev–Trinajstić information content (AvgIpc) is 2.77. The molecular weight excluding hydrogens is 343 g/mol. The highest BCUT2D eigenvalue weighted by Crippen LogP contribution is 2.15. The first kappa shape index (κ1) is 15.2. The lowest BCUT2D eigenvalue weighted by atomic mass is 10.2. The second kappa shape index (κ2) is 6.09. The van der Waals surface area contributed by atoms with Crippen molar-refractivity contribution in [3.63, 3.8) is 0 Å². The Kier molecular flexibility index (Phi) is 4.42. The minimum Gasteiger partial charge on any atom is -0.466 e. The Morgan fingerprint density at radius 2 is 1.71 bits per heavy atom. The Bertz CT molecular complexity index is 712. The first-order valence-corrected chi connectivity index (χ1v) is 6.80. The van der Waals surface area contributed by atoms with E-state index < -0.39 is 17.6 Å². The van der Waals surface area contributed by atoms with Crippen LogP contribution in [0.4, 0.5) is 4.39 Å². The van der Waals surface area contributed by atoms with Gasteiger partial charge in [0.1, 0.15) is 17.3 Å². The van der Waals surface area contributed by atoms with Gasteiger partial charge >= 0.3 is 0 Å². The van der Waals surface area contributed by atoms with E-state index in [1.54, 1.807) is 19.9 Å². The fourth-order valence-electron chi connectivity index (χ4n) is 1.78. The van der Waals surface area contributed by atoms with Gasteiger partial charge in [0.2, 0.25) is 0 Å². The molecule has 7 heteroatoms. The first-order valence-electron chi connectivity index (χ1n) is 6.01. The number of rotatable bonds is 2. The highest BCUT2D eigenvalue weighted by Gasteiger charge is 2.16. The smallest absolute Gasteiger partial charge is 0.273 e. The molecule has 2 amide bonds. The average molecular weight is 355 g/mol. The number of hydrazine groups is 1. The molecule has 0 aliphatic rings. The van der Waals surface area contributed by atoms with Gasteiger partial charge in [0, 0.05) is 4.47 Å². The van der Waals surface area contributed by atoms with Gasteiger partial charge in [-0.1, -0.05) is 15.9 Å². The predicted molar refractivity (Wildman–Crippen MR) is 77.2 cm³/mol. The van der Waals surface area contributed by atoms with Crippen molar-refractivity contribution >= 4 is 27.7 Å². The van der Waals surface area contributed by atoms with Gasteiger partial charge in [-0.15, -0.1) is 0 Å². The summed E-state index contributed by atoms with van der Waals surface area (Å²) in [6.07, 6.45) is 0. The number of aryl methyl sites for hydroxylation is 2. The molecule has 0 saturated carbocycles. The van der Waals surface area contributed by atoms with Crippen molar-refractivity contribution in [2.75, 3.05) is 0 Å². The molecule has 0 fully saturated rings. The summed E-state index contributed by atoms with van der Waals surface area (Å²) in [7, 11) is 0. The Morgan fingerprint density at radius 3 is 2.29 bits per heavy atom. The number of benzene rings is 1. The zero-order valence-corrected chi connectivity index (χ0v) is 12.9. The summed E-state index contributed by atoms with van der Waals surface area (Å²) < 4.78 is 19.3. The van der Waals surface area contributed by atoms with Gasteiger partial charge < -0.3 is 4.42 Å². The summed E-state index contributed by atoms with van der Waals surface area (Å²) in [5, 5.41) is 0. The zero-order chi connectivity index (χ0) is 15.6. The second-order valence-electron chi connectivity index (χ2n) is 4.36. The molecule has 2 N–H and O–H groups in total. The van der Waals surface area contributed by atoms with E-state index in [0.717, 1.165) is 6.07 Å². The van der Waals surface area contributed by atoms with Crippen LogP contribution < -0.4 is 10.9 Å². The monoisotopic (exact) mass is 354 g/mol. The molecule has 1 heterocycles. The highest BCUT2D eigenvalue weighted by molar-refractivity contribution is 9.10. The van der Waals surface area contributed by atoms with Crippen molar-refractivity contribution in [2.45, 2.75) is 13.8 Å². The van der Waals surface area contributed by atoms with E-state index >= 15 is 0 Å². The molecule has 2 aromatic rings. The second-order valence-corrected chi connectivity index (χ2v) is 5.28. The maximum atomic E-state index is 13.5.